The summed E-state index contributed by atoms with van der Waals surface area (Å²) >= 11 is 0. The van der Waals surface area contributed by atoms with E-state index in [4.69, 9.17) is 10.3 Å². The van der Waals surface area contributed by atoms with Crippen LogP contribution in [0.2, 0.25) is 0 Å². The van der Waals surface area contributed by atoms with E-state index in [1.165, 1.54) is 0 Å². The number of hydrogen-bond donors (Lipinski definition) is 0. The summed E-state index contributed by atoms with van der Waals surface area (Å²) in [5.74, 6) is -0.267. The summed E-state index contributed by atoms with van der Waals surface area (Å²) in [5, 5.41) is 3.29. The summed E-state index contributed by atoms with van der Waals surface area (Å²) in [6, 6.07) is 0. The van der Waals surface area contributed by atoms with Crippen LogP contribution < -0.4 is 0 Å². The highest BCUT2D eigenvalue weighted by Gasteiger charge is 2.19. The van der Waals surface area contributed by atoms with Crippen LogP contribution in [0.25, 0.3) is 10.4 Å². The maximum Gasteiger partial charge on any atom is 0.306 e. The highest BCUT2D eigenvalue weighted by molar-refractivity contribution is 5.69. The molecule has 6 heteroatoms. The zero-order valence-electron chi connectivity index (χ0n) is 8.93. The summed E-state index contributed by atoms with van der Waals surface area (Å²) in [6.07, 6.45) is 2.00. The van der Waals surface area contributed by atoms with Crippen LogP contribution >= 0.6 is 0 Å². The third-order valence-corrected chi connectivity index (χ3v) is 2.44. The van der Waals surface area contributed by atoms with Crippen LogP contribution in [0.15, 0.2) is 5.11 Å². The predicted molar refractivity (Wildman–Crippen MR) is 55.2 cm³/mol. The van der Waals surface area contributed by atoms with Crippen LogP contribution in [0.5, 0.6) is 0 Å². The highest BCUT2D eigenvalue weighted by Crippen LogP contribution is 2.12. The van der Waals surface area contributed by atoms with E-state index in [-0.39, 0.29) is 25.0 Å². The molecule has 0 unspecified atom stereocenters. The molecule has 0 spiro atoms. The van der Waals surface area contributed by atoms with E-state index in [1.807, 2.05) is 0 Å². The van der Waals surface area contributed by atoms with E-state index < -0.39 is 0 Å². The lowest BCUT2D eigenvalue weighted by molar-refractivity contribution is -0.150. The number of hydrogen-bond acceptors (Lipinski definition) is 4. The molecule has 1 aliphatic rings. The van der Waals surface area contributed by atoms with Crippen molar-refractivity contribution in [2.24, 2.45) is 5.11 Å². The first kappa shape index (κ1) is 11.8. The van der Waals surface area contributed by atoms with Crippen LogP contribution in [-0.4, -0.2) is 43.7 Å². The number of likely N-dealkylation sites (tertiary alicyclic amines) is 1. The Labute approximate surface area is 88.8 Å². The zero-order valence-corrected chi connectivity index (χ0v) is 8.93. The smallest absolute Gasteiger partial charge is 0.306 e. The minimum Gasteiger partial charge on any atom is -0.462 e. The van der Waals surface area contributed by atoms with E-state index in [1.54, 1.807) is 0 Å². The van der Waals surface area contributed by atoms with Crippen molar-refractivity contribution in [3.05, 3.63) is 10.4 Å². The first-order valence-corrected chi connectivity index (χ1v) is 5.11. The largest absolute Gasteiger partial charge is 0.462 e. The lowest BCUT2D eigenvalue weighted by Gasteiger charge is -2.28. The molecule has 0 bridgehead atoms. The lowest BCUT2D eigenvalue weighted by Crippen LogP contribution is -2.35. The summed E-state index contributed by atoms with van der Waals surface area (Å²) in [5.41, 5.74) is 8.03. The molecule has 1 aliphatic heterocycles. The molecular weight excluding hydrogens is 196 g/mol. The van der Waals surface area contributed by atoms with Gasteiger partial charge in [0.15, 0.2) is 0 Å². The molecular formula is C9H16N4O2. The summed E-state index contributed by atoms with van der Waals surface area (Å²) in [7, 11) is 2.06. The van der Waals surface area contributed by atoms with Gasteiger partial charge in [0, 0.05) is 24.5 Å². The van der Waals surface area contributed by atoms with Gasteiger partial charge in [0.25, 0.3) is 0 Å². The quantitative estimate of drug-likeness (QED) is 0.305. The van der Waals surface area contributed by atoms with E-state index in [2.05, 4.69) is 22.0 Å². The molecule has 0 aromatic rings. The van der Waals surface area contributed by atoms with Gasteiger partial charge in [-0.3, -0.25) is 4.79 Å². The Kier molecular flexibility index (Phi) is 4.93. The van der Waals surface area contributed by atoms with E-state index in [0.717, 1.165) is 25.9 Å². The van der Waals surface area contributed by atoms with Crippen LogP contribution in [0.3, 0.4) is 0 Å². The zero-order chi connectivity index (χ0) is 11.1. The third kappa shape index (κ3) is 4.67. The van der Waals surface area contributed by atoms with Gasteiger partial charge in [0.05, 0.1) is 6.42 Å². The fourth-order valence-corrected chi connectivity index (χ4v) is 1.53. The maximum absolute atomic E-state index is 11.2. The topological polar surface area (TPSA) is 78.3 Å². The predicted octanol–water partition coefficient (Wildman–Crippen LogP) is 1.32. The fourth-order valence-electron chi connectivity index (χ4n) is 1.53. The number of azide groups is 1. The molecule has 1 fully saturated rings. The second-order valence-electron chi connectivity index (χ2n) is 3.70. The van der Waals surface area contributed by atoms with Crippen molar-refractivity contribution < 1.29 is 9.53 Å². The molecule has 0 aromatic heterocycles. The summed E-state index contributed by atoms with van der Waals surface area (Å²) < 4.78 is 5.24. The maximum atomic E-state index is 11.2. The molecule has 1 rings (SSSR count). The molecule has 0 saturated carbocycles. The number of esters is 1. The minimum atomic E-state index is -0.267. The van der Waals surface area contributed by atoms with Crippen molar-refractivity contribution in [2.75, 3.05) is 26.7 Å². The number of carbonyl (C=O) groups excluding carboxylic acids is 1. The summed E-state index contributed by atoms with van der Waals surface area (Å²) in [6.45, 7) is 2.12. The molecule has 1 saturated heterocycles. The van der Waals surface area contributed by atoms with Gasteiger partial charge in [-0.25, -0.2) is 0 Å². The molecule has 0 aromatic carbocycles. The third-order valence-electron chi connectivity index (χ3n) is 2.44. The van der Waals surface area contributed by atoms with Crippen LogP contribution in [0.4, 0.5) is 0 Å². The Morgan fingerprint density at radius 1 is 1.60 bits per heavy atom. The summed E-state index contributed by atoms with van der Waals surface area (Å²) in [4.78, 5) is 16.0. The van der Waals surface area contributed by atoms with Crippen molar-refractivity contribution in [3.8, 4) is 0 Å². The van der Waals surface area contributed by atoms with E-state index >= 15 is 0 Å². The number of ether oxygens (including phenoxy) is 1. The molecule has 1 heterocycles. The minimum absolute atomic E-state index is 0.0414. The molecule has 84 valence electrons. The van der Waals surface area contributed by atoms with Crippen LogP contribution in [0.1, 0.15) is 19.3 Å². The fraction of sp³-hybridized carbons (Fsp3) is 0.889. The van der Waals surface area contributed by atoms with Crippen molar-refractivity contribution >= 4 is 5.97 Å². The molecule has 15 heavy (non-hydrogen) atoms. The monoisotopic (exact) mass is 212 g/mol. The lowest BCUT2D eigenvalue weighted by atomic mass is 10.1. The molecule has 0 atom stereocenters. The van der Waals surface area contributed by atoms with Crippen LogP contribution in [0, 0.1) is 0 Å². The van der Waals surface area contributed by atoms with Crippen LogP contribution in [-0.2, 0) is 9.53 Å². The first-order chi connectivity index (χ1) is 7.22. The second-order valence-corrected chi connectivity index (χ2v) is 3.70. The van der Waals surface area contributed by atoms with Gasteiger partial charge in [-0.05, 0) is 25.4 Å². The number of carbonyl (C=O) groups is 1. The number of nitrogens with zero attached hydrogens (tertiary/aromatic N) is 4. The molecule has 6 nitrogen and oxygen atoms in total. The highest BCUT2D eigenvalue weighted by atomic mass is 16.5. The number of rotatable bonds is 4. The average molecular weight is 212 g/mol. The second kappa shape index (κ2) is 6.27. The Hall–Kier alpha value is -1.26. The Bertz CT molecular complexity index is 255. The molecule has 0 aliphatic carbocycles. The van der Waals surface area contributed by atoms with Gasteiger partial charge in [0.2, 0.25) is 0 Å². The van der Waals surface area contributed by atoms with Crippen molar-refractivity contribution in [1.29, 1.82) is 0 Å². The van der Waals surface area contributed by atoms with Crippen molar-refractivity contribution in [2.45, 2.75) is 25.4 Å². The van der Waals surface area contributed by atoms with Gasteiger partial charge in [-0.1, -0.05) is 5.11 Å². The Morgan fingerprint density at radius 3 is 2.87 bits per heavy atom. The first-order valence-electron chi connectivity index (χ1n) is 5.11. The Morgan fingerprint density at radius 2 is 2.27 bits per heavy atom. The number of piperidine rings is 1. The molecule has 0 radical (unpaired) electrons. The molecule has 0 N–H and O–H groups in total. The van der Waals surface area contributed by atoms with Gasteiger partial charge >= 0.3 is 5.97 Å². The van der Waals surface area contributed by atoms with Gasteiger partial charge in [-0.2, -0.15) is 0 Å². The normalized spacial score (nSPS) is 18.2. The van der Waals surface area contributed by atoms with Crippen molar-refractivity contribution in [1.82, 2.24) is 4.90 Å². The van der Waals surface area contributed by atoms with Crippen molar-refractivity contribution in [3.63, 3.8) is 0 Å². The van der Waals surface area contributed by atoms with E-state index in [0.29, 0.717) is 0 Å². The van der Waals surface area contributed by atoms with Gasteiger partial charge in [-0.15, -0.1) is 0 Å². The molecule has 0 amide bonds. The Balaban J connectivity index is 2.17. The van der Waals surface area contributed by atoms with Gasteiger partial charge in [0.1, 0.15) is 6.10 Å². The average Bonchev–Trinajstić information content (AvgIpc) is 2.22. The van der Waals surface area contributed by atoms with E-state index in [9.17, 15) is 4.79 Å². The SMILES string of the molecule is CN1CCC(OC(=O)CCN=[N+]=[N-])CC1. The standard InChI is InChI=1S/C9H16N4O2/c1-13-6-3-8(4-7-13)15-9(14)2-5-11-12-10/h8H,2-7H2,1H3. The van der Waals surface area contributed by atoms with Gasteiger partial charge < -0.3 is 9.64 Å².